The van der Waals surface area contributed by atoms with Gasteiger partial charge < -0.3 is 4.90 Å². The van der Waals surface area contributed by atoms with Crippen LogP contribution in [0.5, 0.6) is 0 Å². The second-order valence-electron chi connectivity index (χ2n) is 5.09. The molecule has 0 aliphatic carbocycles. The van der Waals surface area contributed by atoms with Crippen LogP contribution in [0.25, 0.3) is 0 Å². The van der Waals surface area contributed by atoms with E-state index in [2.05, 4.69) is 15.1 Å². The van der Waals surface area contributed by atoms with Crippen LogP contribution in [0.2, 0.25) is 0 Å². The van der Waals surface area contributed by atoms with Crippen LogP contribution in [-0.4, -0.2) is 31.7 Å². The van der Waals surface area contributed by atoms with E-state index in [-0.39, 0.29) is 9.92 Å². The molecule has 1 aliphatic heterocycles. The van der Waals surface area contributed by atoms with Crippen molar-refractivity contribution >= 4 is 15.7 Å². The topological polar surface area (TPSA) is 63.2 Å². The largest absolute Gasteiger partial charge is 0.355 e. The van der Waals surface area contributed by atoms with Crippen molar-refractivity contribution in [3.8, 4) is 0 Å². The van der Waals surface area contributed by atoms with Gasteiger partial charge in [-0.3, -0.25) is 0 Å². The zero-order chi connectivity index (χ0) is 14.7. The van der Waals surface area contributed by atoms with Gasteiger partial charge in [0.1, 0.15) is 0 Å². The maximum Gasteiger partial charge on any atom is 0.225 e. The van der Waals surface area contributed by atoms with Crippen LogP contribution >= 0.6 is 0 Å². The van der Waals surface area contributed by atoms with Crippen molar-refractivity contribution in [1.29, 1.82) is 0 Å². The van der Waals surface area contributed by atoms with Crippen LogP contribution in [-0.2, 0) is 9.84 Å². The Balaban J connectivity index is 1.87. The third-order valence-electron chi connectivity index (χ3n) is 3.63. The number of aromatic nitrogens is 2. The number of sulfone groups is 1. The van der Waals surface area contributed by atoms with Crippen molar-refractivity contribution in [2.75, 3.05) is 18.0 Å². The first-order valence-corrected chi connectivity index (χ1v) is 8.55. The second-order valence-corrected chi connectivity index (χ2v) is 6.99. The van der Waals surface area contributed by atoms with Gasteiger partial charge in [0.25, 0.3) is 0 Å². The fourth-order valence-corrected chi connectivity index (χ4v) is 3.62. The van der Waals surface area contributed by atoms with Gasteiger partial charge in [0.2, 0.25) is 9.84 Å². The highest BCUT2D eigenvalue weighted by molar-refractivity contribution is 7.91. The summed E-state index contributed by atoms with van der Waals surface area (Å²) in [6.45, 7) is 1.92. The van der Waals surface area contributed by atoms with Crippen molar-refractivity contribution in [1.82, 2.24) is 10.2 Å². The Morgan fingerprint density at radius 1 is 0.857 bits per heavy atom. The number of piperidine rings is 1. The Morgan fingerprint density at radius 2 is 1.57 bits per heavy atom. The van der Waals surface area contributed by atoms with Gasteiger partial charge in [-0.05, 0) is 43.5 Å². The number of nitrogens with zero attached hydrogens (tertiary/aromatic N) is 3. The average molecular weight is 303 g/mol. The third kappa shape index (κ3) is 2.90. The summed E-state index contributed by atoms with van der Waals surface area (Å²) in [5.41, 5.74) is 0. The molecule has 110 valence electrons. The highest BCUT2D eigenvalue weighted by Gasteiger charge is 2.20. The number of anilines is 1. The van der Waals surface area contributed by atoms with Crippen LogP contribution in [0.3, 0.4) is 0 Å². The predicted octanol–water partition coefficient (Wildman–Crippen LogP) is 2.30. The molecule has 21 heavy (non-hydrogen) atoms. The SMILES string of the molecule is O=S(=O)(c1ccccc1)c1ccc(N2CCCCC2)nn1. The van der Waals surface area contributed by atoms with Gasteiger partial charge in [0, 0.05) is 13.1 Å². The lowest BCUT2D eigenvalue weighted by atomic mass is 10.1. The number of rotatable bonds is 3. The molecule has 0 atom stereocenters. The summed E-state index contributed by atoms with van der Waals surface area (Å²) in [6, 6.07) is 11.6. The van der Waals surface area contributed by atoms with Gasteiger partial charge in [-0.2, -0.15) is 0 Å². The number of hydrogen-bond acceptors (Lipinski definition) is 5. The minimum Gasteiger partial charge on any atom is -0.355 e. The highest BCUT2D eigenvalue weighted by Crippen LogP contribution is 2.21. The zero-order valence-electron chi connectivity index (χ0n) is 11.6. The lowest BCUT2D eigenvalue weighted by Gasteiger charge is -2.27. The minimum absolute atomic E-state index is 0.00513. The molecule has 1 aliphatic rings. The van der Waals surface area contributed by atoms with Crippen LogP contribution in [0, 0.1) is 0 Å². The first-order chi connectivity index (χ1) is 10.2. The summed E-state index contributed by atoms with van der Waals surface area (Å²) in [4.78, 5) is 2.39. The standard InChI is InChI=1S/C15H17N3O2S/c19-21(20,13-7-3-1-4-8-13)15-10-9-14(16-17-15)18-11-5-2-6-12-18/h1,3-4,7-10H,2,5-6,11-12H2. The van der Waals surface area contributed by atoms with Gasteiger partial charge in [-0.15, -0.1) is 10.2 Å². The lowest BCUT2D eigenvalue weighted by Crippen LogP contribution is -2.30. The molecule has 0 unspecified atom stereocenters. The van der Waals surface area contributed by atoms with Crippen LogP contribution in [0.4, 0.5) is 5.82 Å². The van der Waals surface area contributed by atoms with E-state index in [9.17, 15) is 8.42 Å². The van der Waals surface area contributed by atoms with Crippen molar-refractivity contribution in [2.24, 2.45) is 0 Å². The van der Waals surface area contributed by atoms with Gasteiger partial charge in [-0.25, -0.2) is 8.42 Å². The quantitative estimate of drug-likeness (QED) is 0.870. The Morgan fingerprint density at radius 3 is 2.19 bits per heavy atom. The summed E-state index contributed by atoms with van der Waals surface area (Å²) >= 11 is 0. The van der Waals surface area contributed by atoms with E-state index >= 15 is 0 Å². The molecule has 0 spiro atoms. The van der Waals surface area contributed by atoms with Crippen LogP contribution in [0.15, 0.2) is 52.4 Å². The molecule has 0 bridgehead atoms. The van der Waals surface area contributed by atoms with Gasteiger partial charge >= 0.3 is 0 Å². The monoisotopic (exact) mass is 303 g/mol. The van der Waals surface area contributed by atoms with E-state index in [0.717, 1.165) is 31.7 Å². The van der Waals surface area contributed by atoms with Crippen molar-refractivity contribution in [3.05, 3.63) is 42.5 Å². The zero-order valence-corrected chi connectivity index (χ0v) is 12.5. The van der Waals surface area contributed by atoms with Crippen molar-refractivity contribution < 1.29 is 8.42 Å². The minimum atomic E-state index is -3.58. The molecule has 1 fully saturated rings. The maximum absolute atomic E-state index is 12.4. The molecule has 1 aromatic carbocycles. The Kier molecular flexibility index (Phi) is 3.88. The van der Waals surface area contributed by atoms with Crippen molar-refractivity contribution in [3.63, 3.8) is 0 Å². The first-order valence-electron chi connectivity index (χ1n) is 7.07. The molecule has 0 N–H and O–H groups in total. The molecule has 1 aromatic heterocycles. The fraction of sp³-hybridized carbons (Fsp3) is 0.333. The molecule has 2 heterocycles. The fourth-order valence-electron chi connectivity index (χ4n) is 2.47. The smallest absolute Gasteiger partial charge is 0.225 e. The summed E-state index contributed by atoms with van der Waals surface area (Å²) in [6.07, 6.45) is 3.53. The van der Waals surface area contributed by atoms with Crippen LogP contribution in [0.1, 0.15) is 19.3 Å². The van der Waals surface area contributed by atoms with E-state index < -0.39 is 9.84 Å². The number of hydrogen-bond donors (Lipinski definition) is 0. The van der Waals surface area contributed by atoms with Crippen LogP contribution < -0.4 is 4.90 Å². The number of benzene rings is 1. The van der Waals surface area contributed by atoms with Gasteiger partial charge in [0.15, 0.2) is 10.8 Å². The molecule has 2 aromatic rings. The highest BCUT2D eigenvalue weighted by atomic mass is 32.2. The van der Waals surface area contributed by atoms with E-state index in [1.165, 1.54) is 6.42 Å². The average Bonchev–Trinajstić information content (AvgIpc) is 2.57. The summed E-state index contributed by atoms with van der Waals surface area (Å²) in [7, 11) is -3.58. The summed E-state index contributed by atoms with van der Waals surface area (Å²) < 4.78 is 24.8. The van der Waals surface area contributed by atoms with E-state index in [4.69, 9.17) is 0 Å². The molecule has 0 saturated carbocycles. The van der Waals surface area contributed by atoms with E-state index in [1.807, 2.05) is 0 Å². The van der Waals surface area contributed by atoms with Gasteiger partial charge in [-0.1, -0.05) is 18.2 Å². The summed E-state index contributed by atoms with van der Waals surface area (Å²) in [5.74, 6) is 0.752. The van der Waals surface area contributed by atoms with Crippen molar-refractivity contribution in [2.45, 2.75) is 29.2 Å². The van der Waals surface area contributed by atoms with Gasteiger partial charge in [0.05, 0.1) is 4.90 Å². The Bertz CT molecular complexity index is 693. The molecule has 0 radical (unpaired) electrons. The maximum atomic E-state index is 12.4. The third-order valence-corrected chi connectivity index (χ3v) is 5.30. The molecular weight excluding hydrogens is 286 g/mol. The molecule has 5 nitrogen and oxygen atoms in total. The second kappa shape index (κ2) is 5.81. The normalized spacial score (nSPS) is 15.9. The Labute approximate surface area is 124 Å². The molecule has 3 rings (SSSR count). The molecule has 1 saturated heterocycles. The van der Waals surface area contributed by atoms with E-state index in [1.54, 1.807) is 42.5 Å². The lowest BCUT2D eigenvalue weighted by molar-refractivity contribution is 0.568. The molecule has 6 heteroatoms. The first kappa shape index (κ1) is 14.0. The van der Waals surface area contributed by atoms with E-state index in [0.29, 0.717) is 0 Å². The molecular formula is C15H17N3O2S. The molecule has 0 amide bonds. The summed E-state index contributed by atoms with van der Waals surface area (Å²) in [5, 5.41) is 8.01. The predicted molar refractivity (Wildman–Crippen MR) is 80.0 cm³/mol. The Hall–Kier alpha value is -1.95.